The summed E-state index contributed by atoms with van der Waals surface area (Å²) < 4.78 is 40.2. The number of nitrogens with zero attached hydrogens (tertiary/aromatic N) is 3. The maximum absolute atomic E-state index is 12.3. The monoisotopic (exact) mass is 348 g/mol. The highest BCUT2D eigenvalue weighted by Gasteiger charge is 2.48. The van der Waals surface area contributed by atoms with E-state index in [4.69, 9.17) is 15.0 Å². The molecule has 3 heterocycles. The summed E-state index contributed by atoms with van der Waals surface area (Å²) in [6.45, 7) is 1.59. The molecule has 3 fully saturated rings. The minimum absolute atomic E-state index is 0.0874. The molecule has 0 aromatic heterocycles. The van der Waals surface area contributed by atoms with E-state index in [1.54, 1.807) is 0 Å². The quantitative estimate of drug-likeness (QED) is 0.398. The summed E-state index contributed by atoms with van der Waals surface area (Å²) in [6.07, 6.45) is 2.68. The highest BCUT2D eigenvalue weighted by Crippen LogP contribution is 2.31. The van der Waals surface area contributed by atoms with E-state index in [2.05, 4.69) is 9.28 Å². The van der Waals surface area contributed by atoms with E-state index in [1.807, 2.05) is 0 Å². The van der Waals surface area contributed by atoms with Gasteiger partial charge in [-0.05, 0) is 25.7 Å². The van der Waals surface area contributed by atoms with Crippen LogP contribution in [-0.2, 0) is 19.4 Å². The van der Waals surface area contributed by atoms with Gasteiger partial charge in [0.1, 0.15) is 5.84 Å². The third-order valence-electron chi connectivity index (χ3n) is 4.36. The average molecular weight is 348 g/mol. The van der Waals surface area contributed by atoms with Crippen LogP contribution in [0.1, 0.15) is 25.7 Å². The summed E-state index contributed by atoms with van der Waals surface area (Å²) in [7, 11) is -4.74. The minimum atomic E-state index is -4.74. The number of aliphatic imine (C=N–C) groups is 1. The summed E-state index contributed by atoms with van der Waals surface area (Å²) >= 11 is 0. The third kappa shape index (κ3) is 3.57. The minimum Gasteiger partial charge on any atom is -0.386 e. The van der Waals surface area contributed by atoms with Crippen LogP contribution >= 0.6 is 0 Å². The SMILES string of the molecule is NC(=NC1CCOCC1)[C@@H]1CC[C@@H]2CN1C(=O)N2OS(=O)(=O)O. The second-order valence-corrected chi connectivity index (χ2v) is 6.91. The lowest BCUT2D eigenvalue weighted by atomic mass is 10.00. The van der Waals surface area contributed by atoms with Gasteiger partial charge in [-0.25, -0.2) is 4.79 Å². The van der Waals surface area contributed by atoms with E-state index in [9.17, 15) is 13.2 Å². The second-order valence-electron chi connectivity index (χ2n) is 5.91. The molecule has 3 N–H and O–H groups in total. The van der Waals surface area contributed by atoms with Crippen molar-refractivity contribution in [3.63, 3.8) is 0 Å². The molecular weight excluding hydrogens is 328 g/mol. The predicted molar refractivity (Wildman–Crippen MR) is 78.8 cm³/mol. The molecule has 3 aliphatic heterocycles. The van der Waals surface area contributed by atoms with Crippen LogP contribution in [0.15, 0.2) is 4.99 Å². The van der Waals surface area contributed by atoms with Gasteiger partial charge in [-0.3, -0.25) is 9.55 Å². The normalized spacial score (nSPS) is 30.1. The highest BCUT2D eigenvalue weighted by atomic mass is 32.3. The van der Waals surface area contributed by atoms with Crippen LogP contribution < -0.4 is 5.73 Å². The number of nitrogens with two attached hydrogens (primary N) is 1. The zero-order valence-corrected chi connectivity index (χ0v) is 13.3. The first-order chi connectivity index (χ1) is 10.8. The van der Waals surface area contributed by atoms with Gasteiger partial charge in [0.05, 0.1) is 18.1 Å². The van der Waals surface area contributed by atoms with E-state index in [-0.39, 0.29) is 12.1 Å². The molecular formula is C12H20N4O6S. The van der Waals surface area contributed by atoms with Crippen LogP contribution in [0, 0.1) is 0 Å². The second kappa shape index (κ2) is 6.23. The number of rotatable bonds is 4. The molecule has 10 nitrogen and oxygen atoms in total. The Kier molecular flexibility index (Phi) is 4.45. The van der Waals surface area contributed by atoms with Crippen LogP contribution in [0.25, 0.3) is 0 Å². The number of carbonyl (C=O) groups is 1. The zero-order valence-electron chi connectivity index (χ0n) is 12.5. The van der Waals surface area contributed by atoms with E-state index >= 15 is 0 Å². The van der Waals surface area contributed by atoms with Crippen molar-refractivity contribution in [1.29, 1.82) is 0 Å². The molecule has 11 heteroatoms. The molecule has 3 rings (SSSR count). The van der Waals surface area contributed by atoms with Crippen molar-refractivity contribution >= 4 is 22.3 Å². The summed E-state index contributed by atoms with van der Waals surface area (Å²) in [5.41, 5.74) is 6.09. The number of hydrogen-bond acceptors (Lipinski definition) is 6. The number of piperidine rings is 1. The molecule has 0 aliphatic carbocycles. The fourth-order valence-electron chi connectivity index (χ4n) is 3.25. The fraction of sp³-hybridized carbons (Fsp3) is 0.833. The summed E-state index contributed by atoms with van der Waals surface area (Å²) in [5.74, 6) is 0.373. The molecule has 2 bridgehead atoms. The first kappa shape index (κ1) is 16.4. The van der Waals surface area contributed by atoms with Gasteiger partial charge >= 0.3 is 16.4 Å². The van der Waals surface area contributed by atoms with E-state index in [0.29, 0.717) is 43.5 Å². The number of fused-ring (bicyclic) bond motifs is 2. The Morgan fingerprint density at radius 1 is 1.30 bits per heavy atom. The first-order valence-corrected chi connectivity index (χ1v) is 8.89. The summed E-state index contributed by atoms with van der Waals surface area (Å²) in [5, 5.41) is 0.705. The van der Waals surface area contributed by atoms with Crippen LogP contribution in [0.4, 0.5) is 4.79 Å². The van der Waals surface area contributed by atoms with Gasteiger partial charge in [-0.1, -0.05) is 0 Å². The lowest BCUT2D eigenvalue weighted by Gasteiger charge is -2.30. The Labute approximate surface area is 134 Å². The lowest BCUT2D eigenvalue weighted by molar-refractivity contribution is -0.0316. The van der Waals surface area contributed by atoms with Crippen molar-refractivity contribution in [1.82, 2.24) is 9.96 Å². The van der Waals surface area contributed by atoms with Gasteiger partial charge in [-0.15, -0.1) is 4.28 Å². The number of hydroxylamine groups is 2. The molecule has 3 saturated heterocycles. The largest absolute Gasteiger partial charge is 0.418 e. The van der Waals surface area contributed by atoms with Crippen molar-refractivity contribution in [2.45, 2.75) is 43.8 Å². The molecule has 0 aromatic rings. The van der Waals surface area contributed by atoms with Crippen molar-refractivity contribution in [3.8, 4) is 0 Å². The molecule has 0 spiro atoms. The molecule has 130 valence electrons. The fourth-order valence-corrected chi connectivity index (χ4v) is 3.64. The van der Waals surface area contributed by atoms with Crippen LogP contribution in [0.2, 0.25) is 0 Å². The Bertz CT molecular complexity index is 603. The maximum atomic E-state index is 12.3. The van der Waals surface area contributed by atoms with E-state index < -0.39 is 22.5 Å². The number of amides is 2. The van der Waals surface area contributed by atoms with Crippen LogP contribution in [0.5, 0.6) is 0 Å². The Balaban J connectivity index is 1.71. The topological polar surface area (TPSA) is 135 Å². The smallest absolute Gasteiger partial charge is 0.386 e. The maximum Gasteiger partial charge on any atom is 0.418 e. The number of urea groups is 1. The van der Waals surface area contributed by atoms with Gasteiger partial charge in [0.15, 0.2) is 0 Å². The Hall–Kier alpha value is -1.43. The average Bonchev–Trinajstić information content (AvgIpc) is 2.72. The molecule has 23 heavy (non-hydrogen) atoms. The molecule has 0 aromatic carbocycles. The number of hydrogen-bond donors (Lipinski definition) is 2. The number of amidine groups is 1. The molecule has 2 amide bonds. The van der Waals surface area contributed by atoms with E-state index in [0.717, 1.165) is 12.8 Å². The van der Waals surface area contributed by atoms with Gasteiger partial charge in [0, 0.05) is 19.8 Å². The van der Waals surface area contributed by atoms with Crippen molar-refractivity contribution in [2.75, 3.05) is 19.8 Å². The van der Waals surface area contributed by atoms with Gasteiger partial charge in [0.2, 0.25) is 0 Å². The lowest BCUT2D eigenvalue weighted by Crippen LogP contribution is -2.48. The number of ether oxygens (including phenoxy) is 1. The first-order valence-electron chi connectivity index (χ1n) is 7.53. The van der Waals surface area contributed by atoms with Gasteiger partial charge in [-0.2, -0.15) is 13.5 Å². The van der Waals surface area contributed by atoms with Gasteiger partial charge < -0.3 is 15.4 Å². The zero-order chi connectivity index (χ0) is 16.6. The summed E-state index contributed by atoms with van der Waals surface area (Å²) in [6, 6.07) is -1.34. The highest BCUT2D eigenvalue weighted by molar-refractivity contribution is 7.80. The van der Waals surface area contributed by atoms with Crippen molar-refractivity contribution in [2.24, 2.45) is 10.7 Å². The van der Waals surface area contributed by atoms with Gasteiger partial charge in [0.25, 0.3) is 0 Å². The molecule has 0 unspecified atom stereocenters. The van der Waals surface area contributed by atoms with Crippen molar-refractivity contribution < 1.29 is 26.8 Å². The Morgan fingerprint density at radius 2 is 2.00 bits per heavy atom. The molecule has 0 radical (unpaired) electrons. The standard InChI is InChI=1S/C12H20N4O6S/c13-11(14-8-3-5-21-6-4-8)10-2-1-9-7-15(10)12(17)16(9)22-23(18,19)20/h8-10H,1-7H2,(H2,13,14)(H,18,19,20)/t9-,10+/m1/s1. The van der Waals surface area contributed by atoms with E-state index in [1.165, 1.54) is 4.90 Å². The summed E-state index contributed by atoms with van der Waals surface area (Å²) in [4.78, 5) is 18.2. The third-order valence-corrected chi connectivity index (χ3v) is 4.71. The Morgan fingerprint density at radius 3 is 2.65 bits per heavy atom. The number of carbonyl (C=O) groups excluding carboxylic acids is 1. The van der Waals surface area contributed by atoms with Crippen molar-refractivity contribution in [3.05, 3.63) is 0 Å². The van der Waals surface area contributed by atoms with Crippen LogP contribution in [-0.4, -0.2) is 72.7 Å². The van der Waals surface area contributed by atoms with Crippen LogP contribution in [0.3, 0.4) is 0 Å². The molecule has 0 saturated carbocycles. The molecule has 2 atom stereocenters. The predicted octanol–water partition coefficient (Wildman–Crippen LogP) is -0.474. The molecule has 3 aliphatic rings.